The Morgan fingerprint density at radius 2 is 2.09 bits per heavy atom. The number of aliphatic carboxylic acids is 1. The summed E-state index contributed by atoms with van der Waals surface area (Å²) in [7, 11) is 1.25. The van der Waals surface area contributed by atoms with Crippen LogP contribution in [0.3, 0.4) is 0 Å². The number of rotatable bonds is 7. The second-order valence-corrected chi connectivity index (χ2v) is 8.25. The molecule has 0 radical (unpaired) electrons. The average Bonchev–Trinajstić information content (AvgIpc) is 3.55. The molecular formula is C20H25N4NaO9S. The first-order valence-electron chi connectivity index (χ1n) is 10.2. The third-order valence-electron chi connectivity index (χ3n) is 4.90. The van der Waals surface area contributed by atoms with Gasteiger partial charge < -0.3 is 36.3 Å². The number of carbonyl (C=O) groups is 4. The predicted octanol–water partition coefficient (Wildman–Crippen LogP) is -2.62. The van der Waals surface area contributed by atoms with E-state index in [-0.39, 0.29) is 66.1 Å². The molecule has 2 fully saturated rings. The minimum Gasteiger partial charge on any atom is -1.00 e. The molecule has 0 aliphatic carbocycles. The number of primary amides is 1. The van der Waals surface area contributed by atoms with Crippen molar-refractivity contribution in [2.75, 3.05) is 32.7 Å². The molecule has 0 saturated carbocycles. The number of carbonyl (C=O) groups excluding carboxylic acids is 3. The fraction of sp³-hybridized carbons (Fsp3) is 0.450. The Bertz CT molecular complexity index is 994. The van der Waals surface area contributed by atoms with Crippen LogP contribution in [0, 0.1) is 0 Å². The van der Waals surface area contributed by atoms with Crippen molar-refractivity contribution in [3.63, 3.8) is 0 Å². The molecule has 0 unspecified atom stereocenters. The van der Waals surface area contributed by atoms with Crippen LogP contribution in [-0.2, 0) is 28.7 Å². The molecule has 15 heteroatoms. The van der Waals surface area contributed by atoms with Crippen LogP contribution in [0.15, 0.2) is 39.2 Å². The number of furan rings is 1. The molecule has 4 heterocycles. The molecule has 3 aliphatic heterocycles. The van der Waals surface area contributed by atoms with E-state index in [0.717, 1.165) is 18.1 Å². The molecule has 13 nitrogen and oxygen atoms in total. The number of nitrogens with zero attached hydrogens (tertiary/aromatic N) is 2. The third-order valence-corrected chi connectivity index (χ3v) is 6.24. The maximum absolute atomic E-state index is 12.6. The minimum absolute atomic E-state index is 0. The van der Waals surface area contributed by atoms with Crippen molar-refractivity contribution in [2.24, 2.45) is 10.9 Å². The van der Waals surface area contributed by atoms with E-state index in [1.165, 1.54) is 44.0 Å². The number of β-lactam (4-membered cyclic amide) rings is 1. The summed E-state index contributed by atoms with van der Waals surface area (Å²) in [5.41, 5.74) is 4.68. The maximum Gasteiger partial charge on any atom is 1.00 e. The normalized spacial score (nSPS) is 21.0. The van der Waals surface area contributed by atoms with E-state index >= 15 is 0 Å². The summed E-state index contributed by atoms with van der Waals surface area (Å²) in [6.07, 6.45) is 2.85. The fourth-order valence-electron chi connectivity index (χ4n) is 3.38. The van der Waals surface area contributed by atoms with Crippen LogP contribution >= 0.6 is 11.8 Å². The largest absolute Gasteiger partial charge is 1.00 e. The second-order valence-electron chi connectivity index (χ2n) is 7.15. The molecule has 3 amide bonds. The van der Waals surface area contributed by atoms with E-state index in [1.807, 2.05) is 0 Å². The topological polar surface area (TPSA) is 183 Å². The summed E-state index contributed by atoms with van der Waals surface area (Å²) in [6.45, 7) is 1.65. The Hall–Kier alpha value is -2.52. The average molecular weight is 520 g/mol. The van der Waals surface area contributed by atoms with Crippen LogP contribution in [0.1, 0.15) is 20.0 Å². The standard InChI is InChI=1S/C16H16N4O8S.C4H8O.Na.H/c1-26-19-9(8-3-2-4-27-8)12(21)18-10-13(22)20-11(15(23)24)7(5-28-16(17)25)6-29-14(10)20;1-2-4-5-3-1;;/h2-4,10,14H,5-6H2,1H3,(H2,17,25)(H,18,21)(H,23,24);1-4H2;;/q;;+1;-1/b19-9+;;;/t10-,14-;;;/m1.../s1. The maximum atomic E-state index is 12.6. The minimum atomic E-state index is -1.35. The fourth-order valence-corrected chi connectivity index (χ4v) is 4.70. The van der Waals surface area contributed by atoms with Gasteiger partial charge in [0, 0.05) is 24.5 Å². The molecule has 2 atom stereocenters. The van der Waals surface area contributed by atoms with Gasteiger partial charge in [-0.25, -0.2) is 9.59 Å². The zero-order valence-corrected chi connectivity index (χ0v) is 22.0. The van der Waals surface area contributed by atoms with Gasteiger partial charge in [-0.1, -0.05) is 5.16 Å². The Morgan fingerprint density at radius 3 is 2.60 bits per heavy atom. The number of fused-ring (bicyclic) bond motifs is 1. The molecule has 0 spiro atoms. The quantitative estimate of drug-likeness (QED) is 0.149. The number of thioether (sulfide) groups is 1. The van der Waals surface area contributed by atoms with Crippen LogP contribution in [0.2, 0.25) is 0 Å². The van der Waals surface area contributed by atoms with E-state index < -0.39 is 35.3 Å². The number of hydrogen-bond donors (Lipinski definition) is 3. The predicted molar refractivity (Wildman–Crippen MR) is 119 cm³/mol. The van der Waals surface area contributed by atoms with Gasteiger partial charge in [0.2, 0.25) is 5.71 Å². The Kier molecular flexibility index (Phi) is 11.1. The van der Waals surface area contributed by atoms with E-state index in [2.05, 4.69) is 20.0 Å². The van der Waals surface area contributed by atoms with E-state index in [1.54, 1.807) is 6.07 Å². The summed E-state index contributed by atoms with van der Waals surface area (Å²) in [5.74, 6) is -2.38. The number of carboxylic acids is 1. The van der Waals surface area contributed by atoms with Crippen molar-refractivity contribution < 1.29 is 74.0 Å². The third kappa shape index (κ3) is 7.01. The van der Waals surface area contributed by atoms with E-state index in [9.17, 15) is 24.3 Å². The van der Waals surface area contributed by atoms with Gasteiger partial charge in [-0.2, -0.15) is 0 Å². The summed E-state index contributed by atoms with van der Waals surface area (Å²) < 4.78 is 14.7. The number of nitrogens with two attached hydrogens (primary N) is 1. The summed E-state index contributed by atoms with van der Waals surface area (Å²) >= 11 is 1.21. The van der Waals surface area contributed by atoms with Crippen molar-refractivity contribution in [1.29, 1.82) is 0 Å². The van der Waals surface area contributed by atoms with Crippen LogP contribution in [0.4, 0.5) is 4.79 Å². The van der Waals surface area contributed by atoms with Crippen molar-refractivity contribution in [3.05, 3.63) is 35.4 Å². The molecule has 2 saturated heterocycles. The van der Waals surface area contributed by atoms with Gasteiger partial charge >= 0.3 is 41.6 Å². The molecule has 35 heavy (non-hydrogen) atoms. The number of amides is 3. The zero-order valence-electron chi connectivity index (χ0n) is 20.2. The molecule has 186 valence electrons. The second kappa shape index (κ2) is 13.5. The number of carboxylic acid groups (broad SMARTS) is 1. The molecule has 3 aliphatic rings. The smallest absolute Gasteiger partial charge is 1.00 e. The van der Waals surface area contributed by atoms with Gasteiger partial charge in [-0.05, 0) is 25.0 Å². The monoisotopic (exact) mass is 520 g/mol. The van der Waals surface area contributed by atoms with Crippen molar-refractivity contribution in [1.82, 2.24) is 10.2 Å². The molecule has 1 aromatic heterocycles. The van der Waals surface area contributed by atoms with Gasteiger partial charge in [0.1, 0.15) is 30.8 Å². The van der Waals surface area contributed by atoms with Crippen molar-refractivity contribution in [2.45, 2.75) is 24.3 Å². The molecule has 1 aromatic rings. The number of oxime groups is 1. The van der Waals surface area contributed by atoms with Crippen LogP contribution in [0.5, 0.6) is 0 Å². The number of ether oxygens (including phenoxy) is 2. The molecule has 4 rings (SSSR count). The SMILES string of the molecule is C1CCOC1.CO/N=C(/C(=O)N[C@@H]1C(=O)N2C(C(=O)O)=C(COC(N)=O)CS[C@H]12)c1ccco1.[H-].[Na+]. The Morgan fingerprint density at radius 1 is 1.37 bits per heavy atom. The first kappa shape index (κ1) is 28.7. The van der Waals surface area contributed by atoms with Crippen molar-refractivity contribution in [3.8, 4) is 0 Å². The molecule has 4 N–H and O–H groups in total. The molecular weight excluding hydrogens is 495 g/mol. The molecule has 0 aromatic carbocycles. The van der Waals surface area contributed by atoms with E-state index in [4.69, 9.17) is 14.9 Å². The van der Waals surface area contributed by atoms with Crippen LogP contribution in [0.25, 0.3) is 0 Å². The van der Waals surface area contributed by atoms with E-state index in [0.29, 0.717) is 0 Å². The van der Waals surface area contributed by atoms with Gasteiger partial charge in [0.05, 0.1) is 6.26 Å². The van der Waals surface area contributed by atoms with Gasteiger partial charge in [-0.15, -0.1) is 11.8 Å². The van der Waals surface area contributed by atoms with Crippen LogP contribution in [-0.4, -0.2) is 83.7 Å². The zero-order chi connectivity index (χ0) is 24.7. The van der Waals surface area contributed by atoms with Gasteiger partial charge in [0.15, 0.2) is 5.76 Å². The summed E-state index contributed by atoms with van der Waals surface area (Å²) in [6, 6.07) is 2.08. The number of nitrogens with one attached hydrogen (secondary N) is 1. The number of hydrogen-bond acceptors (Lipinski definition) is 10. The van der Waals surface area contributed by atoms with Crippen molar-refractivity contribution >= 4 is 41.4 Å². The van der Waals surface area contributed by atoms with Crippen LogP contribution < -0.4 is 40.6 Å². The van der Waals surface area contributed by atoms with Gasteiger partial charge in [0.25, 0.3) is 11.8 Å². The summed E-state index contributed by atoms with van der Waals surface area (Å²) in [5, 5.41) is 15.0. The Labute approximate surface area is 228 Å². The first-order valence-corrected chi connectivity index (χ1v) is 11.3. The molecule has 0 bridgehead atoms. The first-order chi connectivity index (χ1) is 16.3. The Balaban J connectivity index is 0.000000826. The summed E-state index contributed by atoms with van der Waals surface area (Å²) in [4.78, 5) is 53.3. The van der Waals surface area contributed by atoms with Gasteiger partial charge in [-0.3, -0.25) is 14.5 Å².